The van der Waals surface area contributed by atoms with Crippen LogP contribution in [0.3, 0.4) is 0 Å². The highest BCUT2D eigenvalue weighted by Gasteiger charge is 2.12. The average Bonchev–Trinajstić information content (AvgIpc) is 3.34. The van der Waals surface area contributed by atoms with Crippen molar-refractivity contribution in [3.8, 4) is 20.9 Å². The maximum atomic E-state index is 12.5. The average molecular weight is 392 g/mol. The fraction of sp³-hybridized carbons (Fsp3) is 0.0952. The van der Waals surface area contributed by atoms with Crippen molar-refractivity contribution in [1.29, 1.82) is 0 Å². The number of thiophene rings is 1. The predicted octanol–water partition coefficient (Wildman–Crippen LogP) is 5.80. The molecule has 0 aliphatic carbocycles. The molecule has 0 aliphatic rings. The van der Waals surface area contributed by atoms with Gasteiger partial charge in [0.1, 0.15) is 0 Å². The molecule has 1 amide bonds. The molecule has 0 saturated heterocycles. The molecule has 0 unspecified atom stereocenters. The topological polar surface area (TPSA) is 54.9 Å². The van der Waals surface area contributed by atoms with Crippen LogP contribution in [-0.4, -0.2) is 15.3 Å². The Morgan fingerprint density at radius 1 is 0.963 bits per heavy atom. The van der Waals surface area contributed by atoms with Gasteiger partial charge in [-0.05, 0) is 78.0 Å². The summed E-state index contributed by atoms with van der Waals surface area (Å²) in [5, 5.41) is 3.82. The summed E-state index contributed by atoms with van der Waals surface area (Å²) in [6.07, 6.45) is 5.15. The van der Waals surface area contributed by atoms with E-state index in [1.807, 2.05) is 25.3 Å². The summed E-state index contributed by atoms with van der Waals surface area (Å²) in [5.74, 6) is -0.113. The van der Waals surface area contributed by atoms with Crippen molar-refractivity contribution in [3.63, 3.8) is 0 Å². The van der Waals surface area contributed by atoms with Gasteiger partial charge in [0.25, 0.3) is 5.91 Å². The zero-order valence-corrected chi connectivity index (χ0v) is 16.5. The summed E-state index contributed by atoms with van der Waals surface area (Å²) in [4.78, 5) is 18.8. The minimum atomic E-state index is -0.113. The minimum absolute atomic E-state index is 0.113. The molecule has 0 bridgehead atoms. The second-order valence-electron chi connectivity index (χ2n) is 6.22. The van der Waals surface area contributed by atoms with Crippen LogP contribution in [0.2, 0.25) is 0 Å². The normalized spacial score (nSPS) is 10.7. The third-order valence-electron chi connectivity index (χ3n) is 4.33. The standard InChI is InChI=1S/C21H17N3OS2/c1-13-3-4-15(18-8-10-23-27-18)11-17(13)19-5-6-20(26-19)24-21(25)16-7-9-22-12-14(16)2/h3-12H,1-2H3,(H,24,25). The molecule has 27 heavy (non-hydrogen) atoms. The SMILES string of the molecule is Cc1cnccc1C(=O)Nc1ccc(-c2cc(-c3ccns3)ccc2C)s1. The molecular weight excluding hydrogens is 374 g/mol. The van der Waals surface area contributed by atoms with Gasteiger partial charge in [0.15, 0.2) is 0 Å². The first-order valence-corrected chi connectivity index (χ1v) is 10.0. The zero-order chi connectivity index (χ0) is 18.8. The fourth-order valence-corrected chi connectivity index (χ4v) is 4.43. The van der Waals surface area contributed by atoms with Gasteiger partial charge in [0, 0.05) is 29.0 Å². The van der Waals surface area contributed by atoms with Crippen molar-refractivity contribution in [3.05, 3.63) is 77.7 Å². The summed E-state index contributed by atoms with van der Waals surface area (Å²) in [5.41, 5.74) is 5.03. The lowest BCUT2D eigenvalue weighted by Crippen LogP contribution is -2.12. The molecule has 4 aromatic rings. The first-order chi connectivity index (χ1) is 13.1. The summed E-state index contributed by atoms with van der Waals surface area (Å²) < 4.78 is 4.19. The number of carbonyl (C=O) groups excluding carboxylic acids is 1. The fourth-order valence-electron chi connectivity index (χ4n) is 2.86. The number of anilines is 1. The number of nitrogens with zero attached hydrogens (tertiary/aromatic N) is 2. The summed E-state index contributed by atoms with van der Waals surface area (Å²) in [7, 11) is 0. The van der Waals surface area contributed by atoms with Crippen LogP contribution in [0.15, 0.2) is 61.1 Å². The van der Waals surface area contributed by atoms with Crippen LogP contribution in [0.5, 0.6) is 0 Å². The highest BCUT2D eigenvalue weighted by Crippen LogP contribution is 2.36. The lowest BCUT2D eigenvalue weighted by Gasteiger charge is -2.07. The van der Waals surface area contributed by atoms with E-state index in [1.165, 1.54) is 22.7 Å². The molecule has 0 atom stereocenters. The van der Waals surface area contributed by atoms with Gasteiger partial charge in [-0.25, -0.2) is 4.37 Å². The van der Waals surface area contributed by atoms with E-state index in [9.17, 15) is 4.79 Å². The Kier molecular flexibility index (Phi) is 4.83. The molecule has 4 rings (SSSR count). The smallest absolute Gasteiger partial charge is 0.256 e. The van der Waals surface area contributed by atoms with Crippen LogP contribution < -0.4 is 5.32 Å². The monoisotopic (exact) mass is 391 g/mol. The number of nitrogens with one attached hydrogen (secondary N) is 1. The van der Waals surface area contributed by atoms with Crippen molar-refractivity contribution in [2.75, 3.05) is 5.32 Å². The molecule has 4 nitrogen and oxygen atoms in total. The van der Waals surface area contributed by atoms with Crippen molar-refractivity contribution in [2.24, 2.45) is 0 Å². The molecule has 134 valence electrons. The van der Waals surface area contributed by atoms with Crippen LogP contribution in [0.25, 0.3) is 20.9 Å². The van der Waals surface area contributed by atoms with E-state index in [-0.39, 0.29) is 5.91 Å². The Bertz CT molecular complexity index is 1100. The van der Waals surface area contributed by atoms with Gasteiger partial charge in [-0.2, -0.15) is 0 Å². The number of benzene rings is 1. The lowest BCUT2D eigenvalue weighted by molar-refractivity contribution is 0.102. The number of aryl methyl sites for hydroxylation is 2. The molecule has 0 aliphatic heterocycles. The van der Waals surface area contributed by atoms with E-state index in [0.717, 1.165) is 25.9 Å². The molecular formula is C21H17N3OS2. The maximum Gasteiger partial charge on any atom is 0.256 e. The Hall–Kier alpha value is -2.83. The third kappa shape index (κ3) is 3.67. The van der Waals surface area contributed by atoms with Crippen LogP contribution in [-0.2, 0) is 0 Å². The van der Waals surface area contributed by atoms with Gasteiger partial charge in [0.05, 0.1) is 9.88 Å². The number of hydrogen-bond acceptors (Lipinski definition) is 5. The number of pyridine rings is 1. The quantitative estimate of drug-likeness (QED) is 0.478. The Morgan fingerprint density at radius 3 is 2.63 bits per heavy atom. The molecule has 0 spiro atoms. The van der Waals surface area contributed by atoms with E-state index in [2.05, 4.69) is 45.9 Å². The Balaban J connectivity index is 1.60. The van der Waals surface area contributed by atoms with Crippen LogP contribution in [0.4, 0.5) is 5.00 Å². The van der Waals surface area contributed by atoms with Gasteiger partial charge in [-0.15, -0.1) is 11.3 Å². The Labute approximate surface area is 165 Å². The van der Waals surface area contributed by atoms with E-state index < -0.39 is 0 Å². The first-order valence-electron chi connectivity index (χ1n) is 8.46. The maximum absolute atomic E-state index is 12.5. The number of amides is 1. The second-order valence-corrected chi connectivity index (χ2v) is 8.13. The largest absolute Gasteiger partial charge is 0.314 e. The van der Waals surface area contributed by atoms with Crippen LogP contribution in [0.1, 0.15) is 21.5 Å². The van der Waals surface area contributed by atoms with E-state index in [1.54, 1.807) is 29.8 Å². The molecule has 0 saturated carbocycles. The van der Waals surface area contributed by atoms with Crippen molar-refractivity contribution < 1.29 is 4.79 Å². The second kappa shape index (κ2) is 7.42. The minimum Gasteiger partial charge on any atom is -0.314 e. The van der Waals surface area contributed by atoms with Crippen molar-refractivity contribution >= 4 is 33.8 Å². The molecule has 3 aromatic heterocycles. The summed E-state index contributed by atoms with van der Waals surface area (Å²) >= 11 is 3.06. The number of aromatic nitrogens is 2. The van der Waals surface area contributed by atoms with Gasteiger partial charge < -0.3 is 5.32 Å². The summed E-state index contributed by atoms with van der Waals surface area (Å²) in [6.45, 7) is 3.99. The zero-order valence-electron chi connectivity index (χ0n) is 14.9. The number of rotatable bonds is 4. The van der Waals surface area contributed by atoms with Gasteiger partial charge in [-0.3, -0.25) is 9.78 Å². The molecule has 1 aromatic carbocycles. The predicted molar refractivity (Wildman–Crippen MR) is 113 cm³/mol. The lowest BCUT2D eigenvalue weighted by atomic mass is 10.0. The molecule has 0 fully saturated rings. The molecule has 3 heterocycles. The Morgan fingerprint density at radius 2 is 1.85 bits per heavy atom. The summed E-state index contributed by atoms with van der Waals surface area (Å²) in [6, 6.07) is 14.2. The van der Waals surface area contributed by atoms with Crippen molar-refractivity contribution in [2.45, 2.75) is 13.8 Å². The number of carbonyl (C=O) groups is 1. The van der Waals surface area contributed by atoms with E-state index in [4.69, 9.17) is 0 Å². The first kappa shape index (κ1) is 17.6. The van der Waals surface area contributed by atoms with Gasteiger partial charge in [-0.1, -0.05) is 12.1 Å². The molecule has 6 heteroatoms. The molecule has 0 radical (unpaired) electrons. The van der Waals surface area contributed by atoms with Crippen molar-refractivity contribution in [1.82, 2.24) is 9.36 Å². The highest BCUT2D eigenvalue weighted by atomic mass is 32.1. The molecule has 1 N–H and O–H groups in total. The number of hydrogen-bond donors (Lipinski definition) is 1. The van der Waals surface area contributed by atoms with Crippen LogP contribution in [0, 0.1) is 13.8 Å². The highest BCUT2D eigenvalue weighted by molar-refractivity contribution is 7.19. The van der Waals surface area contributed by atoms with Gasteiger partial charge >= 0.3 is 0 Å². The van der Waals surface area contributed by atoms with Gasteiger partial charge in [0.2, 0.25) is 0 Å². The van der Waals surface area contributed by atoms with Crippen LogP contribution >= 0.6 is 22.9 Å². The van der Waals surface area contributed by atoms with E-state index >= 15 is 0 Å². The third-order valence-corrected chi connectivity index (χ3v) is 6.16. The van der Waals surface area contributed by atoms with E-state index in [0.29, 0.717) is 5.56 Å².